The summed E-state index contributed by atoms with van der Waals surface area (Å²) < 4.78 is -8.32. The molecule has 25 heavy (non-hydrogen) atoms. The molecule has 1 radical (unpaired) electrons. The van der Waals surface area contributed by atoms with Crippen LogP contribution in [0, 0.1) is 5.92 Å². The molecule has 0 saturated carbocycles. The van der Waals surface area contributed by atoms with Gasteiger partial charge in [0.1, 0.15) is 6.10 Å². The van der Waals surface area contributed by atoms with Gasteiger partial charge in [-0.3, -0.25) is 0 Å². The summed E-state index contributed by atoms with van der Waals surface area (Å²) in [4.78, 5) is 0. The summed E-state index contributed by atoms with van der Waals surface area (Å²) in [6, 6.07) is 4.15. The van der Waals surface area contributed by atoms with Crippen LogP contribution in [0.5, 0.6) is 0 Å². The molecule has 0 saturated heterocycles. The lowest BCUT2D eigenvalue weighted by Gasteiger charge is -2.34. The molecule has 0 heterocycles. The smallest absolute Gasteiger partial charge is 0.227 e. The van der Waals surface area contributed by atoms with Crippen LogP contribution in [0.2, 0.25) is 0 Å². The van der Waals surface area contributed by atoms with E-state index in [0.29, 0.717) is 0 Å². The molecular formula is C14H11Cl10O. The van der Waals surface area contributed by atoms with Crippen LogP contribution in [0.15, 0.2) is 18.2 Å². The third-order valence-electron chi connectivity index (χ3n) is 3.38. The lowest BCUT2D eigenvalue weighted by atomic mass is 9.91. The molecule has 1 nitrogen and oxygen atoms in total. The summed E-state index contributed by atoms with van der Waals surface area (Å²) in [7, 11) is 0. The molecule has 1 aromatic rings. The van der Waals surface area contributed by atoms with Crippen molar-refractivity contribution in [1.29, 1.82) is 0 Å². The minimum absolute atomic E-state index is 0.0157. The zero-order valence-electron chi connectivity index (χ0n) is 12.6. The number of alkyl halides is 10. The monoisotopic (exact) mass is 545 g/mol. The fourth-order valence-electron chi connectivity index (χ4n) is 1.95. The maximum atomic E-state index is 12.6. The number of rotatable bonds is 4. The van der Waals surface area contributed by atoms with E-state index in [1.54, 1.807) is 13.8 Å². The Morgan fingerprint density at radius 3 is 1.56 bits per heavy atom. The average Bonchev–Trinajstić information content (AvgIpc) is 2.43. The van der Waals surface area contributed by atoms with Gasteiger partial charge < -0.3 is 0 Å². The minimum atomic E-state index is -2.17. The Bertz CT molecular complexity index is 615. The largest absolute Gasteiger partial charge is 0.228 e. The molecule has 0 amide bonds. The Balaban J connectivity index is 3.72. The van der Waals surface area contributed by atoms with E-state index in [9.17, 15) is 5.11 Å². The molecule has 143 valence electrons. The first-order chi connectivity index (χ1) is 10.9. The fraction of sp³-hybridized carbons (Fsp3) is 0.571. The van der Waals surface area contributed by atoms with Gasteiger partial charge >= 0.3 is 0 Å². The third kappa shape index (κ3) is 5.37. The molecule has 1 rings (SSSR count). The summed E-state index contributed by atoms with van der Waals surface area (Å²) in [6.07, 6.45) is -1.21. The first-order valence-corrected chi connectivity index (χ1v) is 10.4. The maximum Gasteiger partial charge on any atom is 0.227 e. The average molecular weight is 550 g/mol. The van der Waals surface area contributed by atoms with E-state index in [4.69, 9.17) is 116 Å². The number of benzene rings is 1. The Hall–Kier alpha value is 2.08. The second-order valence-electron chi connectivity index (χ2n) is 5.61. The molecule has 0 N–H and O–H groups in total. The van der Waals surface area contributed by atoms with E-state index in [0.717, 1.165) is 0 Å². The Morgan fingerprint density at radius 1 is 0.760 bits per heavy atom. The van der Waals surface area contributed by atoms with Crippen LogP contribution in [0.4, 0.5) is 0 Å². The van der Waals surface area contributed by atoms with Gasteiger partial charge in [0.15, 0.2) is 8.67 Å². The lowest BCUT2D eigenvalue weighted by molar-refractivity contribution is 0.0478. The van der Waals surface area contributed by atoms with Crippen molar-refractivity contribution in [3.05, 3.63) is 34.9 Å². The standard InChI is InChI=1S/C14H11Cl10O/c1-6(2)10(25)8-4-3-7(11(15,16)13(19,20)21)5-9(8)12(17,18)14(22,23)24/h3-6,10H,1-2H3. The van der Waals surface area contributed by atoms with Gasteiger partial charge in [-0.15, -0.1) is 0 Å². The lowest BCUT2D eigenvalue weighted by Crippen LogP contribution is -2.33. The van der Waals surface area contributed by atoms with Crippen molar-refractivity contribution < 1.29 is 5.11 Å². The van der Waals surface area contributed by atoms with Crippen molar-refractivity contribution in [2.75, 3.05) is 0 Å². The zero-order valence-corrected chi connectivity index (χ0v) is 20.1. The predicted octanol–water partition coefficient (Wildman–Crippen LogP) is 8.82. The predicted molar refractivity (Wildman–Crippen MR) is 112 cm³/mol. The first-order valence-electron chi connectivity index (χ1n) is 6.64. The van der Waals surface area contributed by atoms with E-state index in [1.807, 2.05) is 0 Å². The third-order valence-corrected chi connectivity index (χ3v) is 8.22. The molecule has 0 aliphatic rings. The Morgan fingerprint density at radius 2 is 1.20 bits per heavy atom. The molecule has 1 aromatic carbocycles. The Labute approximate surface area is 196 Å². The zero-order chi connectivity index (χ0) is 20.0. The number of halogens is 10. The molecule has 1 atom stereocenters. The van der Waals surface area contributed by atoms with Gasteiger partial charge in [0.2, 0.25) is 7.59 Å². The molecule has 11 heteroatoms. The fourth-order valence-corrected chi connectivity index (χ4v) is 3.14. The van der Waals surface area contributed by atoms with Gasteiger partial charge in [0.25, 0.3) is 0 Å². The van der Waals surface area contributed by atoms with Crippen LogP contribution in [0.25, 0.3) is 0 Å². The van der Waals surface area contributed by atoms with Crippen LogP contribution < -0.4 is 0 Å². The molecule has 0 fully saturated rings. The molecule has 0 spiro atoms. The van der Waals surface area contributed by atoms with Crippen LogP contribution in [0.1, 0.15) is 36.6 Å². The van der Waals surface area contributed by atoms with Crippen molar-refractivity contribution in [3.63, 3.8) is 0 Å². The van der Waals surface area contributed by atoms with Gasteiger partial charge in [0, 0.05) is 0 Å². The van der Waals surface area contributed by atoms with E-state index in [2.05, 4.69) is 0 Å². The summed E-state index contributed by atoms with van der Waals surface area (Å²) in [5.41, 5.74) is 0.343. The highest BCUT2D eigenvalue weighted by Gasteiger charge is 2.52. The SMILES string of the molecule is CC(C)C([O])c1ccc(C(Cl)(Cl)C(Cl)(Cl)Cl)cc1C(Cl)(Cl)C(Cl)(Cl)Cl. The topological polar surface area (TPSA) is 19.9 Å². The summed E-state index contributed by atoms with van der Waals surface area (Å²) >= 11 is 60.1. The molecular weight excluding hydrogens is 539 g/mol. The van der Waals surface area contributed by atoms with Crippen molar-refractivity contribution in [2.45, 2.75) is 36.2 Å². The van der Waals surface area contributed by atoms with Gasteiger partial charge in [-0.1, -0.05) is 142 Å². The van der Waals surface area contributed by atoms with E-state index >= 15 is 0 Å². The highest BCUT2D eigenvalue weighted by molar-refractivity contribution is 6.76. The second-order valence-corrected chi connectivity index (χ2v) is 12.8. The summed E-state index contributed by atoms with van der Waals surface area (Å²) in [5.74, 6) is -0.297. The Kier molecular flexibility index (Phi) is 8.48. The van der Waals surface area contributed by atoms with E-state index in [-0.39, 0.29) is 22.6 Å². The molecule has 1 unspecified atom stereocenters. The second kappa shape index (κ2) is 8.44. The highest BCUT2D eigenvalue weighted by atomic mass is 35.6. The molecule has 0 aliphatic carbocycles. The van der Waals surface area contributed by atoms with E-state index in [1.165, 1.54) is 18.2 Å². The van der Waals surface area contributed by atoms with Crippen molar-refractivity contribution in [3.8, 4) is 0 Å². The van der Waals surface area contributed by atoms with Crippen LogP contribution in [-0.4, -0.2) is 7.59 Å². The van der Waals surface area contributed by atoms with Crippen molar-refractivity contribution >= 4 is 116 Å². The van der Waals surface area contributed by atoms with Crippen LogP contribution >= 0.6 is 116 Å². The normalized spacial score (nSPS) is 15.6. The van der Waals surface area contributed by atoms with Gasteiger partial charge in [0.05, 0.1) is 0 Å². The number of hydrogen-bond acceptors (Lipinski definition) is 0. The summed E-state index contributed by atoms with van der Waals surface area (Å²) in [6.45, 7) is 3.45. The summed E-state index contributed by atoms with van der Waals surface area (Å²) in [5, 5.41) is 12.6. The van der Waals surface area contributed by atoms with Gasteiger partial charge in [-0.2, -0.15) is 0 Å². The minimum Gasteiger partial charge on any atom is -0.228 e. The number of hydrogen-bond donors (Lipinski definition) is 0. The highest BCUT2D eigenvalue weighted by Crippen LogP contribution is 2.57. The van der Waals surface area contributed by atoms with Gasteiger partial charge in [-0.05, 0) is 28.7 Å². The quantitative estimate of drug-likeness (QED) is 0.335. The molecule has 0 aromatic heterocycles. The van der Waals surface area contributed by atoms with Gasteiger partial charge in [-0.25, -0.2) is 5.11 Å². The maximum absolute atomic E-state index is 12.6. The molecule has 0 bridgehead atoms. The van der Waals surface area contributed by atoms with Crippen molar-refractivity contribution in [1.82, 2.24) is 0 Å². The van der Waals surface area contributed by atoms with Crippen LogP contribution in [-0.2, 0) is 13.8 Å². The first kappa shape index (κ1) is 25.1. The van der Waals surface area contributed by atoms with E-state index < -0.39 is 22.4 Å². The molecule has 0 aliphatic heterocycles. The van der Waals surface area contributed by atoms with Crippen LogP contribution in [0.3, 0.4) is 0 Å². The van der Waals surface area contributed by atoms with Crippen molar-refractivity contribution in [2.24, 2.45) is 5.92 Å².